The minimum atomic E-state index is -0.908. The van der Waals surface area contributed by atoms with Crippen molar-refractivity contribution in [1.29, 1.82) is 0 Å². The molecule has 9 heteroatoms. The standard InChI is InChI=1S/C33H40ClN3O4S/c1-22(2)19-28(37-32(42)36-27-14-10-9-13-26(27)34)30(38)35-29(31(39)41-33(3,4)5)20-23-15-17-25(18-16-23)40-21-24-11-7-6-8-12-24/h6-18,22,28-29H,19-21H2,1-5H3,(H,35,38)(H2,36,37,42). The van der Waals surface area contributed by atoms with Crippen LogP contribution in [0.2, 0.25) is 5.02 Å². The van der Waals surface area contributed by atoms with E-state index >= 15 is 0 Å². The van der Waals surface area contributed by atoms with E-state index in [4.69, 9.17) is 33.3 Å². The average Bonchev–Trinajstić information content (AvgIpc) is 2.92. The number of anilines is 1. The zero-order valence-electron chi connectivity index (χ0n) is 24.8. The Morgan fingerprint density at radius 2 is 1.50 bits per heavy atom. The summed E-state index contributed by atoms with van der Waals surface area (Å²) in [5.74, 6) is 0.0203. The van der Waals surface area contributed by atoms with E-state index in [2.05, 4.69) is 16.0 Å². The highest BCUT2D eigenvalue weighted by atomic mass is 35.5. The molecule has 0 aliphatic rings. The Morgan fingerprint density at radius 1 is 0.857 bits per heavy atom. The molecule has 0 aliphatic carbocycles. The number of carbonyl (C=O) groups excluding carboxylic acids is 2. The van der Waals surface area contributed by atoms with Crippen LogP contribution in [0.3, 0.4) is 0 Å². The second-order valence-corrected chi connectivity index (χ2v) is 12.3. The van der Waals surface area contributed by atoms with Crippen molar-refractivity contribution in [2.75, 3.05) is 5.32 Å². The largest absolute Gasteiger partial charge is 0.489 e. The summed E-state index contributed by atoms with van der Waals surface area (Å²) in [6.45, 7) is 9.87. The molecule has 224 valence electrons. The lowest BCUT2D eigenvalue weighted by molar-refractivity contribution is -0.158. The van der Waals surface area contributed by atoms with E-state index < -0.39 is 23.7 Å². The maximum Gasteiger partial charge on any atom is 0.329 e. The molecular formula is C33H40ClN3O4S. The van der Waals surface area contributed by atoms with Gasteiger partial charge in [0.2, 0.25) is 5.91 Å². The average molecular weight is 610 g/mol. The van der Waals surface area contributed by atoms with Gasteiger partial charge in [-0.2, -0.15) is 0 Å². The van der Waals surface area contributed by atoms with Gasteiger partial charge in [-0.15, -0.1) is 0 Å². The number of thiocarbonyl (C=S) groups is 1. The molecule has 0 bridgehead atoms. The van der Waals surface area contributed by atoms with Crippen molar-refractivity contribution >= 4 is 46.5 Å². The van der Waals surface area contributed by atoms with Crippen molar-refractivity contribution in [2.24, 2.45) is 5.92 Å². The van der Waals surface area contributed by atoms with Crippen LogP contribution in [0, 0.1) is 5.92 Å². The Bertz CT molecular complexity index is 1330. The quantitative estimate of drug-likeness (QED) is 0.156. The Labute approximate surface area is 259 Å². The molecule has 0 saturated carbocycles. The monoisotopic (exact) mass is 609 g/mol. The number of esters is 1. The van der Waals surface area contributed by atoms with Crippen LogP contribution in [0.1, 0.15) is 52.2 Å². The van der Waals surface area contributed by atoms with Crippen LogP contribution < -0.4 is 20.7 Å². The Balaban J connectivity index is 1.71. The van der Waals surface area contributed by atoms with Crippen molar-refractivity contribution in [2.45, 2.75) is 71.8 Å². The van der Waals surface area contributed by atoms with Crippen molar-refractivity contribution < 1.29 is 19.1 Å². The number of amides is 1. The molecular weight excluding hydrogens is 570 g/mol. The van der Waals surface area contributed by atoms with Gasteiger partial charge in [-0.1, -0.05) is 80.0 Å². The van der Waals surface area contributed by atoms with E-state index in [-0.39, 0.29) is 23.4 Å². The second-order valence-electron chi connectivity index (χ2n) is 11.5. The smallest absolute Gasteiger partial charge is 0.329 e. The molecule has 3 aromatic rings. The third-order valence-electron chi connectivity index (χ3n) is 6.07. The minimum Gasteiger partial charge on any atom is -0.489 e. The Kier molecular flexibility index (Phi) is 12.2. The number of rotatable bonds is 12. The van der Waals surface area contributed by atoms with Gasteiger partial charge in [0.05, 0.1) is 10.7 Å². The lowest BCUT2D eigenvalue weighted by atomic mass is 10.0. The summed E-state index contributed by atoms with van der Waals surface area (Å²) in [5.41, 5.74) is 1.83. The highest BCUT2D eigenvalue weighted by molar-refractivity contribution is 7.80. The SMILES string of the molecule is CC(C)CC(NC(=S)Nc1ccccc1Cl)C(=O)NC(Cc1ccc(OCc2ccccc2)cc1)C(=O)OC(C)(C)C. The van der Waals surface area contributed by atoms with Gasteiger partial charge >= 0.3 is 5.97 Å². The van der Waals surface area contributed by atoms with Crippen LogP contribution in [0.25, 0.3) is 0 Å². The fraction of sp³-hybridized carbons (Fsp3) is 0.364. The first-order valence-corrected chi connectivity index (χ1v) is 14.8. The van der Waals surface area contributed by atoms with Gasteiger partial charge in [0.25, 0.3) is 0 Å². The topological polar surface area (TPSA) is 88.7 Å². The lowest BCUT2D eigenvalue weighted by Crippen LogP contribution is -2.54. The molecule has 0 fully saturated rings. The normalized spacial score (nSPS) is 12.6. The van der Waals surface area contributed by atoms with Crippen molar-refractivity contribution in [1.82, 2.24) is 10.6 Å². The third-order valence-corrected chi connectivity index (χ3v) is 6.62. The second kappa shape index (κ2) is 15.6. The molecule has 7 nitrogen and oxygen atoms in total. The van der Waals surface area contributed by atoms with Crippen molar-refractivity contribution in [3.8, 4) is 5.75 Å². The molecule has 0 saturated heterocycles. The van der Waals surface area contributed by atoms with Gasteiger partial charge in [-0.3, -0.25) is 4.79 Å². The highest BCUT2D eigenvalue weighted by Crippen LogP contribution is 2.21. The zero-order valence-corrected chi connectivity index (χ0v) is 26.4. The molecule has 2 unspecified atom stereocenters. The first kappa shape index (κ1) is 32.9. The number of nitrogens with one attached hydrogen (secondary N) is 3. The fourth-order valence-corrected chi connectivity index (χ4v) is 4.55. The molecule has 0 aromatic heterocycles. The maximum atomic E-state index is 13.6. The van der Waals surface area contributed by atoms with Gasteiger partial charge in [0.1, 0.15) is 30.0 Å². The number of carbonyl (C=O) groups is 2. The van der Waals surface area contributed by atoms with Crippen LogP contribution in [-0.4, -0.2) is 34.7 Å². The van der Waals surface area contributed by atoms with Crippen LogP contribution in [0.5, 0.6) is 5.75 Å². The number of hydrogen-bond donors (Lipinski definition) is 3. The number of hydrogen-bond acceptors (Lipinski definition) is 5. The summed E-state index contributed by atoms with van der Waals surface area (Å²) in [6, 6.07) is 23.0. The predicted octanol–water partition coefficient (Wildman–Crippen LogP) is 6.69. The first-order valence-electron chi connectivity index (χ1n) is 14.0. The fourth-order valence-electron chi connectivity index (χ4n) is 4.12. The maximum absolute atomic E-state index is 13.6. The van der Waals surface area contributed by atoms with Crippen molar-refractivity contribution in [3.63, 3.8) is 0 Å². The molecule has 0 radical (unpaired) electrons. The number of benzene rings is 3. The summed E-state index contributed by atoms with van der Waals surface area (Å²) in [5, 5.41) is 9.82. The van der Waals surface area contributed by atoms with Crippen LogP contribution >= 0.6 is 23.8 Å². The predicted molar refractivity (Wildman–Crippen MR) is 173 cm³/mol. The minimum absolute atomic E-state index is 0.180. The van der Waals surface area contributed by atoms with Gasteiger partial charge in [0, 0.05) is 6.42 Å². The van der Waals surface area contributed by atoms with E-state index in [1.165, 1.54) is 0 Å². The number of para-hydroxylation sites is 1. The molecule has 0 spiro atoms. The molecule has 3 rings (SSSR count). The van der Waals surface area contributed by atoms with Crippen LogP contribution in [0.4, 0.5) is 5.69 Å². The summed E-state index contributed by atoms with van der Waals surface area (Å²) in [4.78, 5) is 26.8. The van der Waals surface area contributed by atoms with E-state index in [9.17, 15) is 9.59 Å². The van der Waals surface area contributed by atoms with E-state index in [0.717, 1.165) is 11.1 Å². The third kappa shape index (κ3) is 11.3. The Hall–Kier alpha value is -3.62. The molecule has 2 atom stereocenters. The lowest BCUT2D eigenvalue weighted by Gasteiger charge is -2.27. The molecule has 42 heavy (non-hydrogen) atoms. The Morgan fingerprint density at radius 3 is 2.12 bits per heavy atom. The number of halogens is 1. The summed E-state index contributed by atoms with van der Waals surface area (Å²) < 4.78 is 11.6. The van der Waals surface area contributed by atoms with Crippen molar-refractivity contribution in [3.05, 3.63) is 95.0 Å². The van der Waals surface area contributed by atoms with Gasteiger partial charge in [-0.05, 0) is 80.7 Å². The van der Waals surface area contributed by atoms with E-state index in [0.29, 0.717) is 29.5 Å². The van der Waals surface area contributed by atoms with Crippen LogP contribution in [0.15, 0.2) is 78.9 Å². The molecule has 1 amide bonds. The molecule has 3 N–H and O–H groups in total. The highest BCUT2D eigenvalue weighted by Gasteiger charge is 2.30. The van der Waals surface area contributed by atoms with Gasteiger partial charge in [-0.25, -0.2) is 4.79 Å². The van der Waals surface area contributed by atoms with E-state index in [1.54, 1.807) is 32.9 Å². The molecule has 3 aromatic carbocycles. The van der Waals surface area contributed by atoms with Gasteiger partial charge in [0.15, 0.2) is 5.11 Å². The number of ether oxygens (including phenoxy) is 2. The summed E-state index contributed by atoms with van der Waals surface area (Å²) in [6.07, 6.45) is 0.737. The van der Waals surface area contributed by atoms with Gasteiger partial charge < -0.3 is 25.4 Å². The molecule has 0 heterocycles. The first-order chi connectivity index (χ1) is 19.9. The molecule has 0 aliphatic heterocycles. The summed E-state index contributed by atoms with van der Waals surface area (Å²) >= 11 is 11.7. The zero-order chi connectivity index (χ0) is 30.7. The van der Waals surface area contributed by atoms with Crippen LogP contribution in [-0.2, 0) is 27.4 Å². The van der Waals surface area contributed by atoms with E-state index in [1.807, 2.05) is 80.6 Å². The summed E-state index contributed by atoms with van der Waals surface area (Å²) in [7, 11) is 0.